The number of hydrogen-bond acceptors (Lipinski definition) is 1. The SMILES string of the molecule is CCCCCCCc1cc(=O)c2c([nH]1)=CCCC=2. The van der Waals surface area contributed by atoms with Gasteiger partial charge >= 0.3 is 0 Å². The largest absolute Gasteiger partial charge is 0.358 e. The molecule has 18 heavy (non-hydrogen) atoms. The van der Waals surface area contributed by atoms with Crippen molar-refractivity contribution in [2.75, 3.05) is 0 Å². The van der Waals surface area contributed by atoms with E-state index >= 15 is 0 Å². The fourth-order valence-electron chi connectivity index (χ4n) is 2.53. The maximum Gasteiger partial charge on any atom is 0.189 e. The topological polar surface area (TPSA) is 32.9 Å². The van der Waals surface area contributed by atoms with E-state index in [2.05, 4.69) is 24.1 Å². The number of nitrogens with one attached hydrogen (secondary N) is 1. The van der Waals surface area contributed by atoms with E-state index in [4.69, 9.17) is 0 Å². The molecule has 0 radical (unpaired) electrons. The van der Waals surface area contributed by atoms with Crippen molar-refractivity contribution < 1.29 is 0 Å². The van der Waals surface area contributed by atoms with Crippen molar-refractivity contribution in [3.05, 3.63) is 32.6 Å². The lowest BCUT2D eigenvalue weighted by Crippen LogP contribution is -2.42. The van der Waals surface area contributed by atoms with Gasteiger partial charge in [0.1, 0.15) is 0 Å². The molecular weight excluding hydrogens is 222 g/mol. The smallest absolute Gasteiger partial charge is 0.189 e. The van der Waals surface area contributed by atoms with Crippen molar-refractivity contribution >= 4 is 12.2 Å². The van der Waals surface area contributed by atoms with Crippen LogP contribution in [0.4, 0.5) is 0 Å². The Morgan fingerprint density at radius 2 is 1.89 bits per heavy atom. The Morgan fingerprint density at radius 3 is 2.72 bits per heavy atom. The van der Waals surface area contributed by atoms with Gasteiger partial charge in [0.25, 0.3) is 0 Å². The maximum absolute atomic E-state index is 11.9. The third-order valence-corrected chi connectivity index (χ3v) is 3.57. The molecule has 0 spiro atoms. The number of fused-ring (bicyclic) bond motifs is 1. The van der Waals surface area contributed by atoms with Crippen molar-refractivity contribution in [2.24, 2.45) is 0 Å². The van der Waals surface area contributed by atoms with Gasteiger partial charge in [-0.3, -0.25) is 4.79 Å². The number of unbranched alkanes of at least 4 members (excludes halogenated alkanes) is 4. The highest BCUT2D eigenvalue weighted by molar-refractivity contribution is 5.35. The minimum absolute atomic E-state index is 0.184. The highest BCUT2D eigenvalue weighted by Gasteiger charge is 2.01. The second-order valence-corrected chi connectivity index (χ2v) is 5.14. The zero-order valence-corrected chi connectivity index (χ0v) is 11.3. The van der Waals surface area contributed by atoms with Crippen LogP contribution in [0.15, 0.2) is 10.9 Å². The van der Waals surface area contributed by atoms with Crippen molar-refractivity contribution in [1.82, 2.24) is 4.98 Å². The van der Waals surface area contributed by atoms with Gasteiger partial charge < -0.3 is 4.98 Å². The molecule has 0 amide bonds. The normalized spacial score (nSPS) is 13.6. The molecule has 1 N–H and O–H groups in total. The van der Waals surface area contributed by atoms with Crippen LogP contribution < -0.4 is 16.0 Å². The number of H-pyrrole nitrogens is 1. The average molecular weight is 245 g/mol. The number of pyridine rings is 1. The number of hydrogen-bond donors (Lipinski definition) is 1. The Balaban J connectivity index is 2.03. The quantitative estimate of drug-likeness (QED) is 0.766. The molecule has 1 aromatic rings. The van der Waals surface area contributed by atoms with Gasteiger partial charge in [0, 0.05) is 22.3 Å². The second kappa shape index (κ2) is 6.58. The molecule has 2 rings (SSSR count). The Labute approximate surface area is 108 Å². The Bertz CT molecular complexity index is 553. The summed E-state index contributed by atoms with van der Waals surface area (Å²) in [6, 6.07) is 1.79. The lowest BCUT2D eigenvalue weighted by molar-refractivity contribution is 0.627. The first-order chi connectivity index (χ1) is 8.81. The summed E-state index contributed by atoms with van der Waals surface area (Å²) in [4.78, 5) is 15.4. The zero-order chi connectivity index (χ0) is 12.8. The first-order valence-electron chi connectivity index (χ1n) is 7.24. The monoisotopic (exact) mass is 245 g/mol. The number of aromatic nitrogens is 1. The average Bonchev–Trinajstić information content (AvgIpc) is 2.39. The fraction of sp³-hybridized carbons (Fsp3) is 0.562. The molecule has 0 aromatic carbocycles. The van der Waals surface area contributed by atoms with Crippen molar-refractivity contribution in [3.63, 3.8) is 0 Å². The first-order valence-corrected chi connectivity index (χ1v) is 7.24. The summed E-state index contributed by atoms with van der Waals surface area (Å²) in [6.07, 6.45) is 13.6. The zero-order valence-electron chi connectivity index (χ0n) is 11.3. The summed E-state index contributed by atoms with van der Waals surface area (Å²) in [5.41, 5.74) is 1.28. The van der Waals surface area contributed by atoms with Gasteiger partial charge in [0.15, 0.2) is 5.43 Å². The maximum atomic E-state index is 11.9. The van der Waals surface area contributed by atoms with E-state index in [1.165, 1.54) is 32.1 Å². The van der Waals surface area contributed by atoms with Gasteiger partial charge in [-0.1, -0.05) is 44.8 Å². The van der Waals surface area contributed by atoms with Gasteiger partial charge in [-0.2, -0.15) is 0 Å². The fourth-order valence-corrected chi connectivity index (χ4v) is 2.53. The molecule has 0 bridgehead atoms. The molecule has 1 aliphatic rings. The van der Waals surface area contributed by atoms with E-state index in [1.54, 1.807) is 6.07 Å². The molecule has 0 unspecified atom stereocenters. The van der Waals surface area contributed by atoms with E-state index in [0.717, 1.165) is 35.5 Å². The predicted octanol–water partition coefficient (Wildman–Crippen LogP) is 2.24. The van der Waals surface area contributed by atoms with Crippen LogP contribution in [0, 0.1) is 0 Å². The Morgan fingerprint density at radius 1 is 1.11 bits per heavy atom. The highest BCUT2D eigenvalue weighted by atomic mass is 16.1. The standard InChI is InChI=1S/C16H23NO/c1-2-3-4-5-6-9-13-12-16(18)14-10-7-8-11-15(14)17-13/h10-12,17H,2-9H2,1H3. The number of rotatable bonds is 6. The van der Waals surface area contributed by atoms with Crippen LogP contribution in [-0.2, 0) is 6.42 Å². The minimum Gasteiger partial charge on any atom is -0.358 e. The van der Waals surface area contributed by atoms with Crippen LogP contribution in [0.25, 0.3) is 12.2 Å². The van der Waals surface area contributed by atoms with Crippen LogP contribution in [0.2, 0.25) is 0 Å². The van der Waals surface area contributed by atoms with Gasteiger partial charge in [-0.25, -0.2) is 0 Å². The van der Waals surface area contributed by atoms with Crippen LogP contribution >= 0.6 is 0 Å². The van der Waals surface area contributed by atoms with Crippen LogP contribution in [0.3, 0.4) is 0 Å². The summed E-state index contributed by atoms with van der Waals surface area (Å²) in [7, 11) is 0. The summed E-state index contributed by atoms with van der Waals surface area (Å²) in [6.45, 7) is 2.23. The molecule has 0 aliphatic heterocycles. The summed E-state index contributed by atoms with van der Waals surface area (Å²) >= 11 is 0. The third-order valence-electron chi connectivity index (χ3n) is 3.57. The molecule has 1 aliphatic carbocycles. The van der Waals surface area contributed by atoms with E-state index < -0.39 is 0 Å². The van der Waals surface area contributed by atoms with E-state index in [-0.39, 0.29) is 5.43 Å². The van der Waals surface area contributed by atoms with Crippen molar-refractivity contribution in [2.45, 2.75) is 58.3 Å². The predicted molar refractivity (Wildman–Crippen MR) is 76.9 cm³/mol. The Kier molecular flexibility index (Phi) is 4.80. The van der Waals surface area contributed by atoms with Crippen molar-refractivity contribution in [3.8, 4) is 0 Å². The van der Waals surface area contributed by atoms with Gasteiger partial charge in [0.2, 0.25) is 0 Å². The minimum atomic E-state index is 0.184. The Hall–Kier alpha value is -1.31. The van der Waals surface area contributed by atoms with E-state index in [1.807, 2.05) is 0 Å². The van der Waals surface area contributed by atoms with E-state index in [0.29, 0.717) is 0 Å². The molecule has 0 atom stereocenters. The van der Waals surface area contributed by atoms with Gasteiger partial charge in [-0.15, -0.1) is 0 Å². The van der Waals surface area contributed by atoms with Crippen molar-refractivity contribution in [1.29, 1.82) is 0 Å². The number of aryl methyl sites for hydroxylation is 1. The molecule has 98 valence electrons. The lowest BCUT2D eigenvalue weighted by atomic mass is 10.1. The molecule has 2 heteroatoms. The van der Waals surface area contributed by atoms with E-state index in [9.17, 15) is 4.79 Å². The van der Waals surface area contributed by atoms with Crippen LogP contribution in [0.1, 0.15) is 57.6 Å². The molecule has 2 nitrogen and oxygen atoms in total. The highest BCUT2D eigenvalue weighted by Crippen LogP contribution is 2.05. The lowest BCUT2D eigenvalue weighted by Gasteiger charge is -2.05. The summed E-state index contributed by atoms with van der Waals surface area (Å²) in [5.74, 6) is 0. The molecule has 1 heterocycles. The summed E-state index contributed by atoms with van der Waals surface area (Å²) < 4.78 is 0. The molecule has 0 saturated carbocycles. The van der Waals surface area contributed by atoms with Crippen LogP contribution in [-0.4, -0.2) is 4.98 Å². The first kappa shape index (κ1) is 13.1. The van der Waals surface area contributed by atoms with Gasteiger partial charge in [0.05, 0.1) is 0 Å². The second-order valence-electron chi connectivity index (χ2n) is 5.14. The summed E-state index contributed by atoms with van der Waals surface area (Å²) in [5, 5.41) is 1.91. The third kappa shape index (κ3) is 3.34. The molecular formula is C16H23NO. The van der Waals surface area contributed by atoms with Crippen LogP contribution in [0.5, 0.6) is 0 Å². The number of aromatic amines is 1. The molecule has 0 saturated heterocycles. The molecule has 0 fully saturated rings. The van der Waals surface area contributed by atoms with Gasteiger partial charge in [-0.05, 0) is 25.7 Å². The molecule has 1 aromatic heterocycles.